The number of ether oxygens (including phenoxy) is 2. The number of amides is 5. The molecule has 0 spiro atoms. The highest BCUT2D eigenvalue weighted by atomic mass is 35.5. The minimum absolute atomic E-state index is 0.0695. The number of barbiturate groups is 1. The van der Waals surface area contributed by atoms with Gasteiger partial charge in [-0.05, 0) is 72.8 Å². The first-order valence-electron chi connectivity index (χ1n) is 10.8. The van der Waals surface area contributed by atoms with Crippen LogP contribution in [-0.4, -0.2) is 37.5 Å². The number of benzene rings is 3. The highest BCUT2D eigenvalue weighted by molar-refractivity contribution is 6.39. The number of nitrogens with zero attached hydrogens (tertiary/aromatic N) is 1. The van der Waals surface area contributed by atoms with E-state index < -0.39 is 35.1 Å². The number of carbonyl (C=O) groups is 4. The molecule has 0 aliphatic carbocycles. The molecule has 3 aromatic carbocycles. The SMILES string of the molecule is COc1ccc(NC(=O)COc2ccc(Cl)cc2/C=C2\C(=O)NC(=O)N(c3ccc(F)cc3)C2=O)cc1. The lowest BCUT2D eigenvalue weighted by atomic mass is 10.1. The van der Waals surface area contributed by atoms with Gasteiger partial charge >= 0.3 is 6.03 Å². The van der Waals surface area contributed by atoms with Gasteiger partial charge in [-0.25, -0.2) is 14.1 Å². The second kappa shape index (κ2) is 10.9. The molecule has 1 fully saturated rings. The van der Waals surface area contributed by atoms with Gasteiger partial charge in [-0.1, -0.05) is 11.6 Å². The van der Waals surface area contributed by atoms with Crippen LogP contribution in [0.4, 0.5) is 20.6 Å². The second-order valence-corrected chi connectivity index (χ2v) is 8.12. The van der Waals surface area contributed by atoms with Crippen molar-refractivity contribution in [1.29, 1.82) is 0 Å². The van der Waals surface area contributed by atoms with E-state index in [1.165, 1.54) is 43.5 Å². The number of rotatable bonds is 7. The number of methoxy groups -OCH3 is 1. The van der Waals surface area contributed by atoms with E-state index in [2.05, 4.69) is 10.6 Å². The van der Waals surface area contributed by atoms with E-state index in [-0.39, 0.29) is 28.6 Å². The summed E-state index contributed by atoms with van der Waals surface area (Å²) in [6.07, 6.45) is 1.20. The molecular weight excluding hydrogens is 505 g/mol. The van der Waals surface area contributed by atoms with E-state index in [1.807, 2.05) is 0 Å². The average Bonchev–Trinajstić information content (AvgIpc) is 2.87. The van der Waals surface area contributed by atoms with Crippen LogP contribution in [0.1, 0.15) is 5.56 Å². The number of halogens is 2. The van der Waals surface area contributed by atoms with Crippen LogP contribution in [0.2, 0.25) is 5.02 Å². The largest absolute Gasteiger partial charge is 0.497 e. The maximum atomic E-state index is 13.3. The van der Waals surface area contributed by atoms with Crippen molar-refractivity contribution in [3.8, 4) is 11.5 Å². The molecule has 0 unspecified atom stereocenters. The quantitative estimate of drug-likeness (QED) is 0.355. The van der Waals surface area contributed by atoms with Gasteiger partial charge in [0.2, 0.25) is 0 Å². The van der Waals surface area contributed by atoms with Gasteiger partial charge in [0.25, 0.3) is 17.7 Å². The third kappa shape index (κ3) is 5.93. The summed E-state index contributed by atoms with van der Waals surface area (Å²) in [5, 5.41) is 5.03. The molecule has 0 saturated carbocycles. The maximum Gasteiger partial charge on any atom is 0.335 e. The number of carbonyl (C=O) groups excluding carboxylic acids is 4. The Hall–Kier alpha value is -4.70. The third-order valence-corrected chi connectivity index (χ3v) is 5.43. The average molecular weight is 524 g/mol. The molecule has 0 aromatic heterocycles. The Balaban J connectivity index is 1.55. The molecule has 0 bridgehead atoms. The molecule has 1 heterocycles. The number of hydrogen-bond donors (Lipinski definition) is 2. The van der Waals surface area contributed by atoms with Crippen LogP contribution in [0.25, 0.3) is 6.08 Å². The molecule has 3 aromatic rings. The van der Waals surface area contributed by atoms with Gasteiger partial charge in [-0.15, -0.1) is 0 Å². The molecule has 4 rings (SSSR count). The van der Waals surface area contributed by atoms with Crippen molar-refractivity contribution in [3.05, 3.63) is 88.7 Å². The summed E-state index contributed by atoms with van der Waals surface area (Å²) >= 11 is 6.10. The first-order valence-corrected chi connectivity index (χ1v) is 11.2. The van der Waals surface area contributed by atoms with Gasteiger partial charge in [-0.2, -0.15) is 0 Å². The predicted octanol–water partition coefficient (Wildman–Crippen LogP) is 4.17. The summed E-state index contributed by atoms with van der Waals surface area (Å²) < 4.78 is 24.0. The zero-order valence-corrected chi connectivity index (χ0v) is 20.0. The van der Waals surface area contributed by atoms with Crippen LogP contribution >= 0.6 is 11.6 Å². The summed E-state index contributed by atoms with van der Waals surface area (Å²) in [7, 11) is 1.53. The minimum atomic E-state index is -0.975. The van der Waals surface area contributed by atoms with E-state index in [0.29, 0.717) is 16.3 Å². The second-order valence-electron chi connectivity index (χ2n) is 7.68. The normalized spacial score (nSPS) is 14.4. The van der Waals surface area contributed by atoms with Crippen molar-refractivity contribution in [2.24, 2.45) is 0 Å². The van der Waals surface area contributed by atoms with Crippen LogP contribution in [0.3, 0.4) is 0 Å². The van der Waals surface area contributed by atoms with Crippen molar-refractivity contribution in [2.75, 3.05) is 23.9 Å². The van der Waals surface area contributed by atoms with Crippen LogP contribution in [-0.2, 0) is 14.4 Å². The van der Waals surface area contributed by atoms with Crippen LogP contribution < -0.4 is 25.0 Å². The number of hydrogen-bond acceptors (Lipinski definition) is 6. The van der Waals surface area contributed by atoms with E-state index in [1.54, 1.807) is 24.3 Å². The molecule has 1 aliphatic heterocycles. The molecule has 1 aliphatic rings. The van der Waals surface area contributed by atoms with Crippen molar-refractivity contribution in [1.82, 2.24) is 5.32 Å². The zero-order chi connectivity index (χ0) is 26.5. The molecule has 37 heavy (non-hydrogen) atoms. The number of anilines is 2. The molecule has 0 atom stereocenters. The summed E-state index contributed by atoms with van der Waals surface area (Å²) in [4.78, 5) is 51.0. The van der Waals surface area contributed by atoms with Gasteiger partial charge in [-0.3, -0.25) is 19.7 Å². The number of nitrogens with one attached hydrogen (secondary N) is 2. The minimum Gasteiger partial charge on any atom is -0.497 e. The Labute approximate surface area is 215 Å². The Bertz CT molecular complexity index is 1410. The van der Waals surface area contributed by atoms with Gasteiger partial charge < -0.3 is 14.8 Å². The number of imide groups is 2. The topological polar surface area (TPSA) is 114 Å². The molecule has 11 heteroatoms. The Morgan fingerprint density at radius 1 is 1.05 bits per heavy atom. The van der Waals surface area contributed by atoms with Gasteiger partial charge in [0.05, 0.1) is 12.8 Å². The summed E-state index contributed by atoms with van der Waals surface area (Å²) in [6, 6.07) is 14.8. The lowest BCUT2D eigenvalue weighted by Gasteiger charge is -2.26. The van der Waals surface area contributed by atoms with Crippen LogP contribution in [0.15, 0.2) is 72.3 Å². The summed E-state index contributed by atoms with van der Waals surface area (Å²) in [5.74, 6) is -2.09. The molecule has 5 amide bonds. The Morgan fingerprint density at radius 2 is 1.76 bits per heavy atom. The lowest BCUT2D eigenvalue weighted by Crippen LogP contribution is -2.54. The zero-order valence-electron chi connectivity index (χ0n) is 19.3. The van der Waals surface area contributed by atoms with Gasteiger partial charge in [0.1, 0.15) is 22.9 Å². The van der Waals surface area contributed by atoms with Crippen molar-refractivity contribution in [3.63, 3.8) is 0 Å². The highest BCUT2D eigenvalue weighted by Gasteiger charge is 2.37. The van der Waals surface area contributed by atoms with Crippen molar-refractivity contribution < 1.29 is 33.0 Å². The monoisotopic (exact) mass is 523 g/mol. The van der Waals surface area contributed by atoms with Crippen molar-refractivity contribution >= 4 is 52.8 Å². The first-order chi connectivity index (χ1) is 17.7. The molecule has 1 saturated heterocycles. The van der Waals surface area contributed by atoms with E-state index in [4.69, 9.17) is 21.1 Å². The smallest absolute Gasteiger partial charge is 0.335 e. The molecule has 2 N–H and O–H groups in total. The van der Waals surface area contributed by atoms with Gasteiger partial charge in [0, 0.05) is 16.3 Å². The van der Waals surface area contributed by atoms with Crippen LogP contribution in [0.5, 0.6) is 11.5 Å². The maximum absolute atomic E-state index is 13.3. The fraction of sp³-hybridized carbons (Fsp3) is 0.0769. The molecular formula is C26H19ClFN3O6. The lowest BCUT2D eigenvalue weighted by molar-refractivity contribution is -0.122. The number of urea groups is 1. The Morgan fingerprint density at radius 3 is 2.43 bits per heavy atom. The molecule has 188 valence electrons. The van der Waals surface area contributed by atoms with E-state index in [0.717, 1.165) is 12.1 Å². The molecule has 0 radical (unpaired) electrons. The van der Waals surface area contributed by atoms with E-state index >= 15 is 0 Å². The van der Waals surface area contributed by atoms with Gasteiger partial charge in [0.15, 0.2) is 6.61 Å². The summed E-state index contributed by atoms with van der Waals surface area (Å²) in [5.41, 5.74) is 0.429. The summed E-state index contributed by atoms with van der Waals surface area (Å²) in [6.45, 7) is -0.385. The van der Waals surface area contributed by atoms with E-state index in [9.17, 15) is 23.6 Å². The standard InChI is InChI=1S/C26H19ClFN3O6/c1-36-20-9-5-18(6-10-20)29-23(32)14-37-22-11-2-16(27)12-15(22)13-21-24(33)30-26(35)31(25(21)34)19-7-3-17(28)4-8-19/h2-13H,14H2,1H3,(H,29,32)(H,30,33,35)/b21-13+. The Kier molecular flexibility index (Phi) is 7.49. The third-order valence-electron chi connectivity index (χ3n) is 5.19. The fourth-order valence-electron chi connectivity index (χ4n) is 3.42. The first kappa shape index (κ1) is 25.4. The van der Waals surface area contributed by atoms with Crippen LogP contribution in [0, 0.1) is 5.82 Å². The predicted molar refractivity (Wildman–Crippen MR) is 134 cm³/mol. The van der Waals surface area contributed by atoms with Crippen molar-refractivity contribution in [2.45, 2.75) is 0 Å². The highest BCUT2D eigenvalue weighted by Crippen LogP contribution is 2.28. The fourth-order valence-corrected chi connectivity index (χ4v) is 3.60. The molecule has 9 nitrogen and oxygen atoms in total.